The zero-order chi connectivity index (χ0) is 23.4. The molecule has 3 aromatic rings. The van der Waals surface area contributed by atoms with Crippen LogP contribution in [0, 0.1) is 0 Å². The van der Waals surface area contributed by atoms with E-state index in [1.807, 2.05) is 48.5 Å². The fourth-order valence-corrected chi connectivity index (χ4v) is 4.16. The lowest BCUT2D eigenvalue weighted by Crippen LogP contribution is -2.23. The molecule has 33 heavy (non-hydrogen) atoms. The molecule has 1 saturated heterocycles. The molecule has 1 heterocycles. The van der Waals surface area contributed by atoms with Crippen LogP contribution in [0.25, 0.3) is 6.08 Å². The highest BCUT2D eigenvalue weighted by Gasteiger charge is 2.30. The number of likely N-dealkylation sites (N-methyl/N-ethyl adjacent to an activating group) is 1. The van der Waals surface area contributed by atoms with Crippen molar-refractivity contribution in [2.75, 3.05) is 7.05 Å². The van der Waals surface area contributed by atoms with Crippen LogP contribution in [0.5, 0.6) is 5.75 Å². The highest BCUT2D eigenvalue weighted by atomic mass is 35.5. The second kappa shape index (κ2) is 9.94. The number of carboxylic acid groups (broad SMARTS) is 1. The number of nitrogens with zero attached hydrogens (tertiary/aromatic N) is 2. The number of hydrogen-bond acceptors (Lipinski definition) is 5. The Bertz CT molecular complexity index is 1250. The van der Waals surface area contributed by atoms with Crippen LogP contribution in [0.15, 0.2) is 82.7 Å². The standard InChI is InChI=1S/C25H19ClN2O4S/c1-28-23(29)22(33-25(28)27-20-12-8-17(9-13-20)24(30)31)14-18-4-2-3-5-21(18)32-15-16-6-10-19(26)11-7-16/h2-14H,15H2,1H3,(H,30,31)/b22-14-,27-25?. The number of carbonyl (C=O) groups is 2. The predicted octanol–water partition coefficient (Wildman–Crippen LogP) is 5.85. The van der Waals surface area contributed by atoms with Crippen molar-refractivity contribution in [2.45, 2.75) is 6.61 Å². The van der Waals surface area contributed by atoms with Gasteiger partial charge in [0.1, 0.15) is 12.4 Å². The van der Waals surface area contributed by atoms with E-state index < -0.39 is 5.97 Å². The summed E-state index contributed by atoms with van der Waals surface area (Å²) in [5.41, 5.74) is 2.51. The third-order valence-corrected chi connectivity index (χ3v) is 6.17. The third kappa shape index (κ3) is 5.45. The molecule has 1 fully saturated rings. The number of aliphatic imine (C=N–C) groups is 1. The van der Waals surface area contributed by atoms with E-state index in [0.29, 0.717) is 33.1 Å². The first-order valence-electron chi connectivity index (χ1n) is 9.96. The van der Waals surface area contributed by atoms with Gasteiger partial charge in [0.15, 0.2) is 5.17 Å². The van der Waals surface area contributed by atoms with E-state index >= 15 is 0 Å². The Labute approximate surface area is 200 Å². The summed E-state index contributed by atoms with van der Waals surface area (Å²) in [5.74, 6) is -0.516. The maximum Gasteiger partial charge on any atom is 0.335 e. The summed E-state index contributed by atoms with van der Waals surface area (Å²) >= 11 is 7.19. The van der Waals surface area contributed by atoms with Gasteiger partial charge in [-0.2, -0.15) is 0 Å². The predicted molar refractivity (Wildman–Crippen MR) is 131 cm³/mol. The number of benzene rings is 3. The maximum absolute atomic E-state index is 12.8. The summed E-state index contributed by atoms with van der Waals surface area (Å²) in [6.45, 7) is 0.372. The minimum atomic E-state index is -1.00. The van der Waals surface area contributed by atoms with Gasteiger partial charge >= 0.3 is 5.97 Å². The summed E-state index contributed by atoms with van der Waals surface area (Å²) < 4.78 is 5.99. The van der Waals surface area contributed by atoms with E-state index in [4.69, 9.17) is 21.4 Å². The summed E-state index contributed by atoms with van der Waals surface area (Å²) in [6.07, 6.45) is 1.79. The van der Waals surface area contributed by atoms with E-state index in [-0.39, 0.29) is 11.5 Å². The number of ether oxygens (including phenoxy) is 1. The quantitative estimate of drug-likeness (QED) is 0.449. The molecule has 1 aliphatic heterocycles. The van der Waals surface area contributed by atoms with Gasteiger partial charge in [-0.05, 0) is 65.9 Å². The maximum atomic E-state index is 12.8. The lowest BCUT2D eigenvalue weighted by Gasteiger charge is -2.10. The van der Waals surface area contributed by atoms with Gasteiger partial charge in [-0.3, -0.25) is 9.69 Å². The minimum Gasteiger partial charge on any atom is -0.488 e. The molecule has 0 saturated carbocycles. The molecule has 0 aliphatic carbocycles. The van der Waals surface area contributed by atoms with E-state index in [2.05, 4.69) is 4.99 Å². The van der Waals surface area contributed by atoms with Crippen LogP contribution < -0.4 is 4.74 Å². The molecule has 0 spiro atoms. The molecule has 4 rings (SSSR count). The Morgan fingerprint density at radius 3 is 2.48 bits per heavy atom. The molecule has 3 aromatic carbocycles. The van der Waals surface area contributed by atoms with Crippen LogP contribution in [0.2, 0.25) is 5.02 Å². The molecular formula is C25H19ClN2O4S. The summed E-state index contributed by atoms with van der Waals surface area (Å²) in [5, 5.41) is 10.2. The van der Waals surface area contributed by atoms with Gasteiger partial charge in [-0.1, -0.05) is 41.9 Å². The molecule has 6 nitrogen and oxygen atoms in total. The van der Waals surface area contributed by atoms with Gasteiger partial charge in [0.05, 0.1) is 16.2 Å². The van der Waals surface area contributed by atoms with Crippen LogP contribution in [-0.2, 0) is 11.4 Å². The number of halogens is 1. The van der Waals surface area contributed by atoms with Crippen molar-refractivity contribution in [3.05, 3.63) is 99.4 Å². The summed E-state index contributed by atoms with van der Waals surface area (Å²) in [7, 11) is 1.66. The van der Waals surface area contributed by atoms with Gasteiger partial charge in [0.25, 0.3) is 5.91 Å². The van der Waals surface area contributed by atoms with Crippen molar-refractivity contribution < 1.29 is 19.4 Å². The highest BCUT2D eigenvalue weighted by molar-refractivity contribution is 8.18. The Hall–Kier alpha value is -3.55. The molecule has 0 aromatic heterocycles. The zero-order valence-electron chi connectivity index (χ0n) is 17.6. The molecule has 0 bridgehead atoms. The lowest BCUT2D eigenvalue weighted by molar-refractivity contribution is -0.121. The average molecular weight is 479 g/mol. The van der Waals surface area contributed by atoms with Gasteiger partial charge in [0.2, 0.25) is 0 Å². The SMILES string of the molecule is CN1C(=O)/C(=C/c2ccccc2OCc2ccc(Cl)cc2)SC1=Nc1ccc(C(=O)O)cc1. The topological polar surface area (TPSA) is 79.2 Å². The monoisotopic (exact) mass is 478 g/mol. The van der Waals surface area contributed by atoms with Gasteiger partial charge in [-0.25, -0.2) is 9.79 Å². The van der Waals surface area contributed by atoms with Crippen molar-refractivity contribution in [3.8, 4) is 5.75 Å². The number of para-hydroxylation sites is 1. The van der Waals surface area contributed by atoms with Crippen molar-refractivity contribution in [3.63, 3.8) is 0 Å². The second-order valence-electron chi connectivity index (χ2n) is 7.17. The summed E-state index contributed by atoms with van der Waals surface area (Å²) in [6, 6.07) is 21.1. The van der Waals surface area contributed by atoms with Crippen molar-refractivity contribution >= 4 is 52.2 Å². The van der Waals surface area contributed by atoms with E-state index in [1.54, 1.807) is 25.3 Å². The smallest absolute Gasteiger partial charge is 0.335 e. The van der Waals surface area contributed by atoms with Crippen LogP contribution in [0.4, 0.5) is 5.69 Å². The number of aromatic carboxylic acids is 1. The number of carboxylic acids is 1. The van der Waals surface area contributed by atoms with E-state index in [1.165, 1.54) is 28.8 Å². The van der Waals surface area contributed by atoms with Gasteiger partial charge in [-0.15, -0.1) is 0 Å². The number of amidine groups is 1. The largest absolute Gasteiger partial charge is 0.488 e. The van der Waals surface area contributed by atoms with Crippen molar-refractivity contribution in [2.24, 2.45) is 4.99 Å². The van der Waals surface area contributed by atoms with Gasteiger partial charge < -0.3 is 9.84 Å². The molecule has 0 radical (unpaired) electrons. The fourth-order valence-electron chi connectivity index (χ4n) is 3.05. The first kappa shape index (κ1) is 22.6. The molecule has 1 N–H and O–H groups in total. The Morgan fingerprint density at radius 2 is 1.79 bits per heavy atom. The highest BCUT2D eigenvalue weighted by Crippen LogP contribution is 2.35. The molecule has 8 heteroatoms. The van der Waals surface area contributed by atoms with Crippen molar-refractivity contribution in [1.82, 2.24) is 4.90 Å². The molecule has 166 valence electrons. The van der Waals surface area contributed by atoms with E-state index in [0.717, 1.165) is 11.1 Å². The Morgan fingerprint density at radius 1 is 1.09 bits per heavy atom. The zero-order valence-corrected chi connectivity index (χ0v) is 19.1. The first-order valence-corrected chi connectivity index (χ1v) is 11.2. The second-order valence-corrected chi connectivity index (χ2v) is 8.62. The number of amides is 1. The number of thioether (sulfide) groups is 1. The number of hydrogen-bond donors (Lipinski definition) is 1. The number of rotatable bonds is 6. The number of carbonyl (C=O) groups excluding carboxylic acids is 1. The van der Waals surface area contributed by atoms with Crippen LogP contribution in [0.1, 0.15) is 21.5 Å². The molecule has 1 aliphatic rings. The molecular weight excluding hydrogens is 460 g/mol. The van der Waals surface area contributed by atoms with E-state index in [9.17, 15) is 9.59 Å². The Kier molecular flexibility index (Phi) is 6.82. The Balaban J connectivity index is 1.53. The first-order chi connectivity index (χ1) is 15.9. The average Bonchev–Trinajstić information content (AvgIpc) is 3.07. The van der Waals surface area contributed by atoms with Crippen LogP contribution in [-0.4, -0.2) is 34.1 Å². The minimum absolute atomic E-state index is 0.173. The molecule has 0 unspecified atom stereocenters. The lowest BCUT2D eigenvalue weighted by atomic mass is 10.2. The summed E-state index contributed by atoms with van der Waals surface area (Å²) in [4.78, 5) is 30.3. The van der Waals surface area contributed by atoms with Crippen LogP contribution in [0.3, 0.4) is 0 Å². The normalized spacial score (nSPS) is 15.9. The third-order valence-electron chi connectivity index (χ3n) is 4.86. The van der Waals surface area contributed by atoms with Gasteiger partial charge in [0, 0.05) is 17.6 Å². The molecule has 0 atom stereocenters. The fraction of sp³-hybridized carbons (Fsp3) is 0.0800. The van der Waals surface area contributed by atoms with Crippen molar-refractivity contribution in [1.29, 1.82) is 0 Å². The van der Waals surface area contributed by atoms with Crippen LogP contribution >= 0.6 is 23.4 Å². The molecule has 1 amide bonds.